The Balaban J connectivity index is 3.25. The third kappa shape index (κ3) is 1.65. The fraction of sp³-hybridized carbons (Fsp3) is 0.167. The number of allylic oxidation sites excluding steroid dienone is 1. The highest BCUT2D eigenvalue weighted by Crippen LogP contribution is 2.18. The summed E-state index contributed by atoms with van der Waals surface area (Å²) < 4.78 is 0. The van der Waals surface area contributed by atoms with Crippen molar-refractivity contribution in [3.8, 4) is 0 Å². The number of hydrogen-bond donors (Lipinski definition) is 0. The van der Waals surface area contributed by atoms with Gasteiger partial charge < -0.3 is 0 Å². The van der Waals surface area contributed by atoms with E-state index in [1.54, 1.807) is 0 Å². The molecule has 0 atom stereocenters. The molecule has 1 aromatic rings. The summed E-state index contributed by atoms with van der Waals surface area (Å²) in [6, 6.07) is 6.28. The largest absolute Gasteiger partial charge is 0.0985 e. The van der Waals surface area contributed by atoms with Crippen molar-refractivity contribution in [2.45, 2.75) is 13.8 Å². The molecule has 0 saturated heterocycles. The Kier molecular flexibility index (Phi) is 2.49. The fourth-order valence-electron chi connectivity index (χ4n) is 1.23. The summed E-state index contributed by atoms with van der Waals surface area (Å²) in [4.78, 5) is 0. The summed E-state index contributed by atoms with van der Waals surface area (Å²) >= 11 is 0. The van der Waals surface area contributed by atoms with Gasteiger partial charge in [-0.25, -0.2) is 0 Å². The van der Waals surface area contributed by atoms with E-state index in [0.29, 0.717) is 0 Å². The zero-order valence-electron chi connectivity index (χ0n) is 7.72. The smallest absolute Gasteiger partial charge is 0.0198 e. The summed E-state index contributed by atoms with van der Waals surface area (Å²) in [6.45, 7) is 11.8. The van der Waals surface area contributed by atoms with Crippen molar-refractivity contribution >= 4 is 11.6 Å². The molecule has 1 aromatic carbocycles. The lowest BCUT2D eigenvalue weighted by molar-refractivity contribution is 1.40. The van der Waals surface area contributed by atoms with Crippen LogP contribution in [-0.2, 0) is 0 Å². The van der Waals surface area contributed by atoms with Crippen LogP contribution in [0.15, 0.2) is 31.4 Å². The molecule has 0 fully saturated rings. The first-order valence-electron chi connectivity index (χ1n) is 4.04. The molecule has 0 unspecified atom stereocenters. The molecule has 0 spiro atoms. The quantitative estimate of drug-likeness (QED) is 0.616. The molecule has 12 heavy (non-hydrogen) atoms. The lowest BCUT2D eigenvalue weighted by Gasteiger charge is -2.05. The van der Waals surface area contributed by atoms with Crippen molar-refractivity contribution in [2.75, 3.05) is 0 Å². The molecule has 0 aliphatic heterocycles. The molecule has 0 heteroatoms. The van der Waals surface area contributed by atoms with Crippen LogP contribution >= 0.6 is 0 Å². The summed E-state index contributed by atoms with van der Waals surface area (Å²) in [5.41, 5.74) is 4.76. The topological polar surface area (TPSA) is 0 Å². The minimum atomic E-state index is 1.11. The van der Waals surface area contributed by atoms with Crippen molar-refractivity contribution in [3.63, 3.8) is 0 Å². The van der Waals surface area contributed by atoms with Crippen LogP contribution in [0.5, 0.6) is 0 Å². The predicted molar refractivity (Wildman–Crippen MR) is 56.0 cm³/mol. The maximum atomic E-state index is 3.93. The highest BCUT2D eigenvalue weighted by atomic mass is 14.0. The van der Waals surface area contributed by atoms with Crippen molar-refractivity contribution in [1.29, 1.82) is 0 Å². The number of rotatable bonds is 2. The van der Waals surface area contributed by atoms with Gasteiger partial charge in [0.1, 0.15) is 0 Å². The first-order valence-corrected chi connectivity index (χ1v) is 4.04. The van der Waals surface area contributed by atoms with Crippen LogP contribution in [0.2, 0.25) is 0 Å². The van der Waals surface area contributed by atoms with Gasteiger partial charge in [-0.3, -0.25) is 0 Å². The van der Waals surface area contributed by atoms with Crippen LogP contribution in [0.3, 0.4) is 0 Å². The van der Waals surface area contributed by atoms with E-state index in [9.17, 15) is 0 Å². The second kappa shape index (κ2) is 3.40. The van der Waals surface area contributed by atoms with Crippen molar-refractivity contribution in [3.05, 3.63) is 48.0 Å². The molecule has 62 valence electrons. The van der Waals surface area contributed by atoms with Gasteiger partial charge >= 0.3 is 0 Å². The van der Waals surface area contributed by atoms with Crippen molar-refractivity contribution in [1.82, 2.24) is 0 Å². The van der Waals surface area contributed by atoms with Crippen molar-refractivity contribution in [2.24, 2.45) is 0 Å². The van der Waals surface area contributed by atoms with E-state index in [-0.39, 0.29) is 0 Å². The normalized spacial score (nSPS) is 9.50. The Bertz CT molecular complexity index is 319. The summed E-state index contributed by atoms with van der Waals surface area (Å²) in [6.07, 6.45) is 1.85. The third-order valence-electron chi connectivity index (χ3n) is 1.96. The molecular weight excluding hydrogens is 144 g/mol. The Morgan fingerprint density at radius 2 is 2.08 bits per heavy atom. The lowest BCUT2D eigenvalue weighted by Crippen LogP contribution is -1.85. The van der Waals surface area contributed by atoms with Crippen LogP contribution < -0.4 is 0 Å². The van der Waals surface area contributed by atoms with Gasteiger partial charge in [0.05, 0.1) is 0 Å². The number of hydrogen-bond acceptors (Lipinski definition) is 0. The standard InChI is InChI=1S/C12H14/c1-5-11-7-6-10(4)12(8-11)9(2)3/h5-8H,1-2H2,3-4H3. The van der Waals surface area contributed by atoms with Gasteiger partial charge in [-0.1, -0.05) is 36.9 Å². The van der Waals surface area contributed by atoms with E-state index < -0.39 is 0 Å². The molecule has 0 saturated carbocycles. The van der Waals surface area contributed by atoms with E-state index in [1.807, 2.05) is 13.0 Å². The minimum Gasteiger partial charge on any atom is -0.0985 e. The number of aryl methyl sites for hydroxylation is 1. The lowest BCUT2D eigenvalue weighted by atomic mass is 10.0. The molecule has 0 amide bonds. The van der Waals surface area contributed by atoms with Gasteiger partial charge in [-0.05, 0) is 36.6 Å². The average molecular weight is 158 g/mol. The van der Waals surface area contributed by atoms with Crippen LogP contribution in [0.25, 0.3) is 11.6 Å². The van der Waals surface area contributed by atoms with Crippen LogP contribution in [0.4, 0.5) is 0 Å². The maximum Gasteiger partial charge on any atom is -0.0198 e. The molecule has 0 aromatic heterocycles. The summed E-state index contributed by atoms with van der Waals surface area (Å²) in [7, 11) is 0. The Labute approximate surface area is 74.2 Å². The molecule has 1 rings (SSSR count). The average Bonchev–Trinajstić information content (AvgIpc) is 2.05. The molecular formula is C12H14. The first-order chi connectivity index (χ1) is 5.65. The van der Waals surface area contributed by atoms with E-state index in [4.69, 9.17) is 0 Å². The SMILES string of the molecule is C=Cc1ccc(C)c(C(=C)C)c1. The molecule has 0 bridgehead atoms. The van der Waals surface area contributed by atoms with Gasteiger partial charge in [-0.2, -0.15) is 0 Å². The van der Waals surface area contributed by atoms with Gasteiger partial charge in [-0.15, -0.1) is 0 Å². The van der Waals surface area contributed by atoms with Gasteiger partial charge in [0.2, 0.25) is 0 Å². The van der Waals surface area contributed by atoms with E-state index in [2.05, 4.69) is 38.3 Å². The van der Waals surface area contributed by atoms with E-state index in [0.717, 1.165) is 11.1 Å². The van der Waals surface area contributed by atoms with Crippen LogP contribution in [0, 0.1) is 6.92 Å². The molecule has 0 heterocycles. The zero-order valence-corrected chi connectivity index (χ0v) is 7.72. The molecule has 0 nitrogen and oxygen atoms in total. The minimum absolute atomic E-state index is 1.11. The molecule has 0 N–H and O–H groups in total. The third-order valence-corrected chi connectivity index (χ3v) is 1.96. The van der Waals surface area contributed by atoms with Gasteiger partial charge in [0, 0.05) is 0 Å². The number of benzene rings is 1. The van der Waals surface area contributed by atoms with Crippen LogP contribution in [0.1, 0.15) is 23.6 Å². The summed E-state index contributed by atoms with van der Waals surface area (Å²) in [5, 5.41) is 0. The van der Waals surface area contributed by atoms with E-state index >= 15 is 0 Å². The fourth-order valence-corrected chi connectivity index (χ4v) is 1.23. The maximum absolute atomic E-state index is 3.93. The van der Waals surface area contributed by atoms with E-state index in [1.165, 1.54) is 11.1 Å². The summed E-state index contributed by atoms with van der Waals surface area (Å²) in [5.74, 6) is 0. The molecule has 0 aliphatic rings. The Morgan fingerprint density at radius 3 is 2.58 bits per heavy atom. The zero-order chi connectivity index (χ0) is 9.14. The molecule has 0 radical (unpaired) electrons. The molecule has 0 aliphatic carbocycles. The van der Waals surface area contributed by atoms with Crippen molar-refractivity contribution < 1.29 is 0 Å². The monoisotopic (exact) mass is 158 g/mol. The Morgan fingerprint density at radius 1 is 1.42 bits per heavy atom. The highest BCUT2D eigenvalue weighted by molar-refractivity contribution is 5.67. The first kappa shape index (κ1) is 8.79. The predicted octanol–water partition coefficient (Wildman–Crippen LogP) is 3.67. The highest BCUT2D eigenvalue weighted by Gasteiger charge is 1.98. The second-order valence-electron chi connectivity index (χ2n) is 3.06. The second-order valence-corrected chi connectivity index (χ2v) is 3.06. The van der Waals surface area contributed by atoms with Crippen LogP contribution in [-0.4, -0.2) is 0 Å². The van der Waals surface area contributed by atoms with Gasteiger partial charge in [0.25, 0.3) is 0 Å². The Hall–Kier alpha value is -1.30. The van der Waals surface area contributed by atoms with Gasteiger partial charge in [0.15, 0.2) is 0 Å².